The number of hydrogen-bond acceptors (Lipinski definition) is 5. The third-order valence-electron chi connectivity index (χ3n) is 4.20. The van der Waals surface area contributed by atoms with Gasteiger partial charge in [-0.2, -0.15) is 0 Å². The normalized spacial score (nSPS) is 13.9. The first-order chi connectivity index (χ1) is 12.6. The standard InChI is InChI=1S/C19H17N3O3S/c1-12-5-4-8-15-18(12)21-19(26-15)20-16(23)11-22-13-6-2-3-7-14(13)25-10-9-17(22)24/h2-8H,9-11H2,1H3,(H,20,21,23). The fraction of sp³-hybridized carbons (Fsp3) is 0.211. The molecule has 7 heteroatoms. The van der Waals surface area contributed by atoms with E-state index in [1.807, 2.05) is 37.3 Å². The van der Waals surface area contributed by atoms with Crippen molar-refractivity contribution in [3.05, 3.63) is 48.0 Å². The van der Waals surface area contributed by atoms with Gasteiger partial charge in [0.25, 0.3) is 0 Å². The molecule has 4 rings (SSSR count). The number of benzene rings is 2. The minimum atomic E-state index is -0.285. The number of carbonyl (C=O) groups is 2. The maximum atomic E-state index is 12.5. The second-order valence-corrected chi connectivity index (χ2v) is 7.07. The molecule has 2 heterocycles. The van der Waals surface area contributed by atoms with E-state index in [1.54, 1.807) is 12.1 Å². The summed E-state index contributed by atoms with van der Waals surface area (Å²) in [6, 6.07) is 13.2. The number of nitrogens with zero attached hydrogens (tertiary/aromatic N) is 2. The summed E-state index contributed by atoms with van der Waals surface area (Å²) in [6.07, 6.45) is 0.238. The number of thiazole rings is 1. The van der Waals surface area contributed by atoms with E-state index in [0.717, 1.165) is 15.8 Å². The van der Waals surface area contributed by atoms with Crippen LogP contribution in [0.5, 0.6) is 5.75 Å². The summed E-state index contributed by atoms with van der Waals surface area (Å²) in [4.78, 5) is 30.9. The Bertz CT molecular complexity index is 999. The molecule has 0 bridgehead atoms. The zero-order valence-electron chi connectivity index (χ0n) is 14.2. The summed E-state index contributed by atoms with van der Waals surface area (Å²) in [7, 11) is 0. The van der Waals surface area contributed by atoms with Crippen LogP contribution in [0.2, 0.25) is 0 Å². The van der Waals surface area contributed by atoms with Crippen LogP contribution in [0.1, 0.15) is 12.0 Å². The summed E-state index contributed by atoms with van der Waals surface area (Å²) in [5.74, 6) is 0.193. The molecule has 1 aromatic heterocycles. The molecular weight excluding hydrogens is 350 g/mol. The van der Waals surface area contributed by atoms with Crippen molar-refractivity contribution in [1.29, 1.82) is 0 Å². The van der Waals surface area contributed by atoms with Gasteiger partial charge in [-0.25, -0.2) is 4.98 Å². The van der Waals surface area contributed by atoms with Crippen LogP contribution < -0.4 is 15.0 Å². The maximum absolute atomic E-state index is 12.5. The topological polar surface area (TPSA) is 71.5 Å². The molecule has 0 unspecified atom stereocenters. The van der Waals surface area contributed by atoms with Gasteiger partial charge in [-0.05, 0) is 30.7 Å². The number of aromatic nitrogens is 1. The van der Waals surface area contributed by atoms with E-state index in [2.05, 4.69) is 10.3 Å². The fourth-order valence-electron chi connectivity index (χ4n) is 2.94. The van der Waals surface area contributed by atoms with Crippen LogP contribution in [0.15, 0.2) is 42.5 Å². The van der Waals surface area contributed by atoms with Crippen LogP contribution in [0.25, 0.3) is 10.2 Å². The molecule has 0 radical (unpaired) electrons. The number of nitrogens with one attached hydrogen (secondary N) is 1. The van der Waals surface area contributed by atoms with E-state index in [1.165, 1.54) is 16.2 Å². The van der Waals surface area contributed by atoms with Crippen molar-refractivity contribution in [2.24, 2.45) is 0 Å². The molecule has 3 aromatic rings. The van der Waals surface area contributed by atoms with Gasteiger partial charge in [0.1, 0.15) is 12.3 Å². The molecule has 2 amide bonds. The van der Waals surface area contributed by atoms with Crippen molar-refractivity contribution >= 4 is 44.2 Å². The predicted octanol–water partition coefficient (Wildman–Crippen LogP) is 3.36. The second kappa shape index (κ2) is 6.76. The van der Waals surface area contributed by atoms with Gasteiger partial charge < -0.3 is 10.1 Å². The van der Waals surface area contributed by atoms with Gasteiger partial charge in [0, 0.05) is 0 Å². The largest absolute Gasteiger partial charge is 0.491 e. The van der Waals surface area contributed by atoms with Crippen LogP contribution in [0, 0.1) is 6.92 Å². The number of rotatable bonds is 3. The van der Waals surface area contributed by atoms with Crippen molar-refractivity contribution < 1.29 is 14.3 Å². The average molecular weight is 367 g/mol. The van der Waals surface area contributed by atoms with Crippen molar-refractivity contribution in [3.63, 3.8) is 0 Å². The molecule has 0 saturated carbocycles. The minimum Gasteiger partial charge on any atom is -0.491 e. The lowest BCUT2D eigenvalue weighted by atomic mass is 10.2. The number of aryl methyl sites for hydroxylation is 1. The van der Waals surface area contributed by atoms with Crippen LogP contribution in [-0.2, 0) is 9.59 Å². The highest BCUT2D eigenvalue weighted by Crippen LogP contribution is 2.31. The SMILES string of the molecule is Cc1cccc2sc(NC(=O)CN3C(=O)CCOc4ccccc43)nc12. The second-order valence-electron chi connectivity index (χ2n) is 6.03. The number of hydrogen-bond donors (Lipinski definition) is 1. The van der Waals surface area contributed by atoms with Crippen molar-refractivity contribution in [3.8, 4) is 5.75 Å². The third-order valence-corrected chi connectivity index (χ3v) is 5.14. The van der Waals surface area contributed by atoms with Gasteiger partial charge in [0.15, 0.2) is 5.13 Å². The minimum absolute atomic E-state index is 0.0753. The maximum Gasteiger partial charge on any atom is 0.246 e. The first-order valence-electron chi connectivity index (χ1n) is 8.30. The van der Waals surface area contributed by atoms with Gasteiger partial charge in [-0.3, -0.25) is 14.5 Å². The summed E-state index contributed by atoms with van der Waals surface area (Å²) in [6.45, 7) is 2.22. The lowest BCUT2D eigenvalue weighted by molar-refractivity contribution is -0.121. The highest BCUT2D eigenvalue weighted by atomic mass is 32.1. The Hall–Kier alpha value is -2.93. The van der Waals surface area contributed by atoms with Gasteiger partial charge >= 0.3 is 0 Å². The van der Waals surface area contributed by atoms with Crippen molar-refractivity contribution in [2.75, 3.05) is 23.4 Å². The summed E-state index contributed by atoms with van der Waals surface area (Å²) >= 11 is 1.42. The lowest BCUT2D eigenvalue weighted by Gasteiger charge is -2.20. The number of ether oxygens (including phenoxy) is 1. The highest BCUT2D eigenvalue weighted by Gasteiger charge is 2.25. The molecular formula is C19H17N3O3S. The molecule has 0 saturated heterocycles. The van der Waals surface area contributed by atoms with E-state index in [4.69, 9.17) is 4.74 Å². The molecule has 2 aromatic carbocycles. The summed E-state index contributed by atoms with van der Waals surface area (Å²) in [5, 5.41) is 3.34. The Morgan fingerprint density at radius 1 is 1.27 bits per heavy atom. The van der Waals surface area contributed by atoms with E-state index >= 15 is 0 Å². The first-order valence-corrected chi connectivity index (χ1v) is 9.11. The van der Waals surface area contributed by atoms with Gasteiger partial charge in [0.2, 0.25) is 11.8 Å². The average Bonchev–Trinajstić information content (AvgIpc) is 2.97. The number of fused-ring (bicyclic) bond motifs is 2. The van der Waals surface area contributed by atoms with Crippen LogP contribution in [-0.4, -0.2) is 29.9 Å². The third kappa shape index (κ3) is 3.13. The Morgan fingerprint density at radius 3 is 2.96 bits per heavy atom. The Morgan fingerprint density at radius 2 is 2.12 bits per heavy atom. The molecule has 132 valence electrons. The van der Waals surface area contributed by atoms with Gasteiger partial charge in [-0.15, -0.1) is 0 Å². The monoisotopic (exact) mass is 367 g/mol. The van der Waals surface area contributed by atoms with Crippen LogP contribution >= 0.6 is 11.3 Å². The van der Waals surface area contributed by atoms with Gasteiger partial charge in [0.05, 0.1) is 28.9 Å². The molecule has 1 aliphatic heterocycles. The Labute approximate surface area is 154 Å². The lowest BCUT2D eigenvalue weighted by Crippen LogP contribution is -2.37. The molecule has 0 atom stereocenters. The molecule has 26 heavy (non-hydrogen) atoms. The van der Waals surface area contributed by atoms with E-state index in [9.17, 15) is 9.59 Å². The molecule has 6 nitrogen and oxygen atoms in total. The number of para-hydroxylation sites is 3. The zero-order valence-corrected chi connectivity index (χ0v) is 15.0. The summed E-state index contributed by atoms with van der Waals surface area (Å²) in [5.41, 5.74) is 2.57. The fourth-order valence-corrected chi connectivity index (χ4v) is 3.90. The Balaban J connectivity index is 1.55. The molecule has 0 fully saturated rings. The van der Waals surface area contributed by atoms with E-state index < -0.39 is 0 Å². The van der Waals surface area contributed by atoms with Crippen molar-refractivity contribution in [2.45, 2.75) is 13.3 Å². The number of carbonyl (C=O) groups excluding carboxylic acids is 2. The van der Waals surface area contributed by atoms with Crippen LogP contribution in [0.3, 0.4) is 0 Å². The number of amides is 2. The van der Waals surface area contributed by atoms with Crippen LogP contribution in [0.4, 0.5) is 10.8 Å². The molecule has 0 aliphatic carbocycles. The van der Waals surface area contributed by atoms with E-state index in [-0.39, 0.29) is 24.8 Å². The zero-order chi connectivity index (χ0) is 18.1. The number of anilines is 2. The molecule has 1 aliphatic rings. The molecule has 1 N–H and O–H groups in total. The summed E-state index contributed by atoms with van der Waals surface area (Å²) < 4.78 is 6.62. The highest BCUT2D eigenvalue weighted by molar-refractivity contribution is 7.22. The quantitative estimate of drug-likeness (QED) is 0.770. The Kier molecular flexibility index (Phi) is 4.30. The smallest absolute Gasteiger partial charge is 0.246 e. The molecule has 0 spiro atoms. The van der Waals surface area contributed by atoms with E-state index in [0.29, 0.717) is 23.2 Å². The predicted molar refractivity (Wildman–Crippen MR) is 102 cm³/mol. The first kappa shape index (κ1) is 16.5. The van der Waals surface area contributed by atoms with Gasteiger partial charge in [-0.1, -0.05) is 35.6 Å². The van der Waals surface area contributed by atoms with Crippen molar-refractivity contribution in [1.82, 2.24) is 4.98 Å².